The highest BCUT2D eigenvalue weighted by atomic mass is 15.3. The molecule has 1 aromatic carbocycles. The van der Waals surface area contributed by atoms with Gasteiger partial charge in [-0.25, -0.2) is 15.8 Å². The van der Waals surface area contributed by atoms with Crippen molar-refractivity contribution < 1.29 is 0 Å². The second-order valence-corrected chi connectivity index (χ2v) is 4.19. The molecule has 2 rings (SSSR count). The first-order valence-electron chi connectivity index (χ1n) is 6.08. The number of hydrogen-bond donors (Lipinski definition) is 3. The summed E-state index contributed by atoms with van der Waals surface area (Å²) in [5, 5.41) is 0. The molecule has 0 spiro atoms. The molecule has 1 aromatic heterocycles. The minimum atomic E-state index is 0.427. The number of anilines is 4. The Labute approximate surface area is 112 Å². The standard InChI is InChI=1S/C13H18N6/c1-3-19(10-6-4-5-9(2)7-10)13-11(14)12(18-15)16-8-17-13/h4-8H,3,14-15H2,1-2H3,(H,16,17,18). The molecule has 0 atom stereocenters. The number of aromatic nitrogens is 2. The zero-order valence-corrected chi connectivity index (χ0v) is 11.1. The molecular weight excluding hydrogens is 240 g/mol. The summed E-state index contributed by atoms with van der Waals surface area (Å²) in [5.74, 6) is 6.46. The zero-order valence-electron chi connectivity index (χ0n) is 11.1. The number of aryl methyl sites for hydroxylation is 1. The van der Waals surface area contributed by atoms with Crippen LogP contribution in [0.3, 0.4) is 0 Å². The van der Waals surface area contributed by atoms with Gasteiger partial charge in [-0.05, 0) is 31.5 Å². The number of hydrogen-bond acceptors (Lipinski definition) is 6. The van der Waals surface area contributed by atoms with Crippen LogP contribution >= 0.6 is 0 Å². The number of hydrazine groups is 1. The van der Waals surface area contributed by atoms with E-state index in [1.807, 2.05) is 36.9 Å². The van der Waals surface area contributed by atoms with Crippen molar-refractivity contribution in [1.29, 1.82) is 0 Å². The van der Waals surface area contributed by atoms with Crippen molar-refractivity contribution in [3.05, 3.63) is 36.2 Å². The van der Waals surface area contributed by atoms with Gasteiger partial charge in [0.1, 0.15) is 12.0 Å². The summed E-state index contributed by atoms with van der Waals surface area (Å²) in [6.07, 6.45) is 1.44. The van der Waals surface area contributed by atoms with Gasteiger partial charge >= 0.3 is 0 Å². The highest BCUT2D eigenvalue weighted by molar-refractivity contribution is 5.78. The van der Waals surface area contributed by atoms with Crippen LogP contribution in [-0.2, 0) is 0 Å². The maximum absolute atomic E-state index is 6.04. The number of nitrogens with zero attached hydrogens (tertiary/aromatic N) is 3. The van der Waals surface area contributed by atoms with Crippen molar-refractivity contribution in [2.45, 2.75) is 13.8 Å². The van der Waals surface area contributed by atoms with E-state index in [9.17, 15) is 0 Å². The van der Waals surface area contributed by atoms with Crippen LogP contribution in [0.1, 0.15) is 12.5 Å². The number of nitrogens with two attached hydrogens (primary N) is 2. The molecule has 0 bridgehead atoms. The Hall–Kier alpha value is -2.34. The highest BCUT2D eigenvalue weighted by Gasteiger charge is 2.15. The average molecular weight is 258 g/mol. The monoisotopic (exact) mass is 258 g/mol. The topological polar surface area (TPSA) is 93.1 Å². The summed E-state index contributed by atoms with van der Waals surface area (Å²) in [7, 11) is 0. The maximum Gasteiger partial charge on any atom is 0.168 e. The molecule has 5 N–H and O–H groups in total. The zero-order chi connectivity index (χ0) is 13.8. The predicted molar refractivity (Wildman–Crippen MR) is 78.1 cm³/mol. The van der Waals surface area contributed by atoms with E-state index < -0.39 is 0 Å². The smallest absolute Gasteiger partial charge is 0.168 e. The molecular formula is C13H18N6. The Morgan fingerprint density at radius 1 is 1.32 bits per heavy atom. The second-order valence-electron chi connectivity index (χ2n) is 4.19. The second kappa shape index (κ2) is 5.53. The Morgan fingerprint density at radius 2 is 2.11 bits per heavy atom. The molecule has 0 unspecified atom stereocenters. The molecule has 0 aliphatic rings. The Balaban J connectivity index is 2.48. The molecule has 19 heavy (non-hydrogen) atoms. The summed E-state index contributed by atoms with van der Waals surface area (Å²) >= 11 is 0. The van der Waals surface area contributed by atoms with Crippen molar-refractivity contribution in [3.63, 3.8) is 0 Å². The van der Waals surface area contributed by atoms with Gasteiger partial charge in [0, 0.05) is 12.2 Å². The highest BCUT2D eigenvalue weighted by Crippen LogP contribution is 2.31. The van der Waals surface area contributed by atoms with Gasteiger partial charge in [-0.2, -0.15) is 0 Å². The molecule has 0 radical (unpaired) electrons. The van der Waals surface area contributed by atoms with E-state index in [0.29, 0.717) is 17.3 Å². The molecule has 2 aromatic rings. The predicted octanol–water partition coefficient (Wildman–Crippen LogP) is 1.81. The Kier molecular flexibility index (Phi) is 3.82. The van der Waals surface area contributed by atoms with Gasteiger partial charge in [-0.1, -0.05) is 12.1 Å². The van der Waals surface area contributed by atoms with Crippen molar-refractivity contribution >= 4 is 23.0 Å². The SMILES string of the molecule is CCN(c1cccc(C)c1)c1ncnc(NN)c1N. The van der Waals surface area contributed by atoms with Crippen LogP contribution in [0.15, 0.2) is 30.6 Å². The third-order valence-corrected chi connectivity index (χ3v) is 2.88. The average Bonchev–Trinajstić information content (AvgIpc) is 2.41. The molecule has 0 aliphatic carbocycles. The van der Waals surface area contributed by atoms with Crippen LogP contribution in [0.2, 0.25) is 0 Å². The maximum atomic E-state index is 6.04. The van der Waals surface area contributed by atoms with Crippen LogP contribution in [0, 0.1) is 6.92 Å². The first kappa shape index (κ1) is 13.1. The summed E-state index contributed by atoms with van der Waals surface area (Å²) in [6.45, 7) is 4.83. The molecule has 1 heterocycles. The van der Waals surface area contributed by atoms with Gasteiger partial charge in [0.05, 0.1) is 0 Å². The summed E-state index contributed by atoms with van der Waals surface area (Å²) in [5.41, 5.74) is 11.2. The fraction of sp³-hybridized carbons (Fsp3) is 0.231. The third kappa shape index (κ3) is 2.58. The number of rotatable bonds is 4. The van der Waals surface area contributed by atoms with Crippen LogP contribution in [0.4, 0.5) is 23.0 Å². The fourth-order valence-corrected chi connectivity index (χ4v) is 1.97. The van der Waals surface area contributed by atoms with E-state index in [1.54, 1.807) is 0 Å². The van der Waals surface area contributed by atoms with E-state index in [-0.39, 0.29) is 0 Å². The van der Waals surface area contributed by atoms with Gasteiger partial charge in [-0.3, -0.25) is 0 Å². The molecule has 0 saturated heterocycles. The largest absolute Gasteiger partial charge is 0.393 e. The number of nitrogens with one attached hydrogen (secondary N) is 1. The van der Waals surface area contributed by atoms with Gasteiger partial charge in [0.15, 0.2) is 11.6 Å². The minimum Gasteiger partial charge on any atom is -0.393 e. The molecule has 0 amide bonds. The lowest BCUT2D eigenvalue weighted by molar-refractivity contribution is 0.977. The summed E-state index contributed by atoms with van der Waals surface area (Å²) < 4.78 is 0. The first-order chi connectivity index (χ1) is 9.17. The minimum absolute atomic E-state index is 0.427. The Morgan fingerprint density at radius 3 is 2.74 bits per heavy atom. The van der Waals surface area contributed by atoms with Crippen LogP contribution in [0.25, 0.3) is 0 Å². The van der Waals surface area contributed by atoms with E-state index in [1.165, 1.54) is 11.9 Å². The number of benzene rings is 1. The lowest BCUT2D eigenvalue weighted by atomic mass is 10.2. The molecule has 0 aliphatic heterocycles. The molecule has 100 valence electrons. The summed E-state index contributed by atoms with van der Waals surface area (Å²) in [4.78, 5) is 10.3. The van der Waals surface area contributed by atoms with E-state index >= 15 is 0 Å². The Bertz CT molecular complexity index is 569. The molecule has 0 saturated carbocycles. The third-order valence-electron chi connectivity index (χ3n) is 2.88. The fourth-order valence-electron chi connectivity index (χ4n) is 1.97. The van der Waals surface area contributed by atoms with E-state index in [4.69, 9.17) is 11.6 Å². The molecule has 6 heteroatoms. The van der Waals surface area contributed by atoms with Gasteiger partial charge < -0.3 is 16.1 Å². The normalized spacial score (nSPS) is 10.3. The van der Waals surface area contributed by atoms with Gasteiger partial charge in [0.2, 0.25) is 0 Å². The lowest BCUT2D eigenvalue weighted by Gasteiger charge is -2.24. The van der Waals surface area contributed by atoms with Gasteiger partial charge in [-0.15, -0.1) is 0 Å². The van der Waals surface area contributed by atoms with Crippen molar-refractivity contribution in [2.75, 3.05) is 22.6 Å². The lowest BCUT2D eigenvalue weighted by Crippen LogP contribution is -2.21. The van der Waals surface area contributed by atoms with Crippen LogP contribution in [0.5, 0.6) is 0 Å². The quantitative estimate of drug-likeness (QED) is 0.572. The number of nitrogen functional groups attached to an aromatic ring is 2. The van der Waals surface area contributed by atoms with Crippen molar-refractivity contribution in [3.8, 4) is 0 Å². The van der Waals surface area contributed by atoms with Crippen LogP contribution in [-0.4, -0.2) is 16.5 Å². The van der Waals surface area contributed by atoms with Gasteiger partial charge in [0.25, 0.3) is 0 Å². The van der Waals surface area contributed by atoms with E-state index in [2.05, 4.69) is 21.5 Å². The van der Waals surface area contributed by atoms with E-state index in [0.717, 1.165) is 12.2 Å². The van der Waals surface area contributed by atoms with Crippen LogP contribution < -0.4 is 21.9 Å². The molecule has 6 nitrogen and oxygen atoms in total. The van der Waals surface area contributed by atoms with Crippen molar-refractivity contribution in [1.82, 2.24) is 9.97 Å². The first-order valence-corrected chi connectivity index (χ1v) is 6.08. The van der Waals surface area contributed by atoms with Crippen molar-refractivity contribution in [2.24, 2.45) is 5.84 Å². The molecule has 0 fully saturated rings. The summed E-state index contributed by atoms with van der Waals surface area (Å²) in [6, 6.07) is 8.16.